The van der Waals surface area contributed by atoms with E-state index in [1.165, 1.54) is 38.9 Å². The molecule has 4 nitrogen and oxygen atoms in total. The van der Waals surface area contributed by atoms with Crippen LogP contribution in [0.25, 0.3) is 22.2 Å². The number of hydrogen-bond acceptors (Lipinski definition) is 3. The van der Waals surface area contributed by atoms with E-state index in [0.29, 0.717) is 6.54 Å². The van der Waals surface area contributed by atoms with Crippen molar-refractivity contribution in [1.82, 2.24) is 15.0 Å². The molecule has 0 saturated carbocycles. The number of rotatable bonds is 4. The van der Waals surface area contributed by atoms with Crippen molar-refractivity contribution in [2.45, 2.75) is 20.4 Å². The van der Waals surface area contributed by atoms with Crippen LogP contribution in [0.4, 0.5) is 5.82 Å². The molecule has 4 aromatic rings. The molecule has 0 aliphatic carbocycles. The van der Waals surface area contributed by atoms with Gasteiger partial charge in [-0.3, -0.25) is 4.98 Å². The van der Waals surface area contributed by atoms with Crippen molar-refractivity contribution < 1.29 is 0 Å². The summed E-state index contributed by atoms with van der Waals surface area (Å²) in [4.78, 5) is 12.0. The van der Waals surface area contributed by atoms with Crippen molar-refractivity contribution in [2.24, 2.45) is 0 Å². The molecule has 2 N–H and O–H groups in total. The Hall–Kier alpha value is -3.14. The Labute approximate surface area is 147 Å². The first-order valence-electron chi connectivity index (χ1n) is 8.39. The van der Waals surface area contributed by atoms with E-state index < -0.39 is 0 Å². The molecular weight excluding hydrogens is 308 g/mol. The Kier molecular flexibility index (Phi) is 3.94. The van der Waals surface area contributed by atoms with E-state index in [9.17, 15) is 0 Å². The van der Waals surface area contributed by atoms with Gasteiger partial charge in [-0.1, -0.05) is 42.0 Å². The smallest absolute Gasteiger partial charge is 0.144 e. The van der Waals surface area contributed by atoms with E-state index in [-0.39, 0.29) is 0 Å². The van der Waals surface area contributed by atoms with Gasteiger partial charge >= 0.3 is 0 Å². The summed E-state index contributed by atoms with van der Waals surface area (Å²) in [5.41, 5.74) is 7.34. The van der Waals surface area contributed by atoms with Crippen molar-refractivity contribution >= 4 is 16.7 Å². The fourth-order valence-electron chi connectivity index (χ4n) is 3.27. The molecule has 0 bridgehead atoms. The molecule has 2 aromatic carbocycles. The predicted molar refractivity (Wildman–Crippen MR) is 103 cm³/mol. The number of aromatic amines is 1. The van der Waals surface area contributed by atoms with Gasteiger partial charge in [0.25, 0.3) is 0 Å². The lowest BCUT2D eigenvalue weighted by atomic mass is 10.0. The van der Waals surface area contributed by atoms with Crippen LogP contribution in [0.5, 0.6) is 0 Å². The molecule has 124 valence electrons. The highest BCUT2D eigenvalue weighted by molar-refractivity contribution is 5.93. The minimum Gasteiger partial charge on any atom is -0.365 e. The van der Waals surface area contributed by atoms with E-state index in [1.54, 1.807) is 18.6 Å². The third-order valence-corrected chi connectivity index (χ3v) is 4.48. The summed E-state index contributed by atoms with van der Waals surface area (Å²) in [6.45, 7) is 5.02. The van der Waals surface area contributed by atoms with Crippen molar-refractivity contribution in [1.29, 1.82) is 0 Å². The maximum absolute atomic E-state index is 4.28. The van der Waals surface area contributed by atoms with Crippen LogP contribution in [-0.2, 0) is 6.54 Å². The number of H-pyrrole nitrogens is 1. The molecule has 0 radical (unpaired) electrons. The van der Waals surface area contributed by atoms with Crippen LogP contribution >= 0.6 is 0 Å². The van der Waals surface area contributed by atoms with Gasteiger partial charge in [0, 0.05) is 30.0 Å². The third kappa shape index (κ3) is 2.98. The largest absolute Gasteiger partial charge is 0.365 e. The van der Waals surface area contributed by atoms with Crippen molar-refractivity contribution in [3.63, 3.8) is 0 Å². The highest BCUT2D eigenvalue weighted by Gasteiger charge is 2.13. The molecule has 0 saturated heterocycles. The van der Waals surface area contributed by atoms with Crippen LogP contribution in [0.1, 0.15) is 16.7 Å². The van der Waals surface area contributed by atoms with E-state index in [4.69, 9.17) is 0 Å². The number of nitrogens with zero attached hydrogens (tertiary/aromatic N) is 2. The lowest BCUT2D eigenvalue weighted by Crippen LogP contribution is -2.02. The highest BCUT2D eigenvalue weighted by Crippen LogP contribution is 2.32. The summed E-state index contributed by atoms with van der Waals surface area (Å²) in [5.74, 6) is 0.781. The van der Waals surface area contributed by atoms with Gasteiger partial charge in [0.05, 0.1) is 11.7 Å². The van der Waals surface area contributed by atoms with Crippen LogP contribution in [0.3, 0.4) is 0 Å². The van der Waals surface area contributed by atoms with Gasteiger partial charge in [-0.05, 0) is 36.6 Å². The number of aromatic nitrogens is 3. The quantitative estimate of drug-likeness (QED) is 0.563. The Morgan fingerprint density at radius 1 is 1.04 bits per heavy atom. The fraction of sp³-hybridized carbons (Fsp3) is 0.143. The molecule has 2 aromatic heterocycles. The van der Waals surface area contributed by atoms with Crippen LogP contribution in [0, 0.1) is 13.8 Å². The Bertz CT molecular complexity index is 1000. The lowest BCUT2D eigenvalue weighted by Gasteiger charge is -2.08. The summed E-state index contributed by atoms with van der Waals surface area (Å²) < 4.78 is 0. The van der Waals surface area contributed by atoms with Crippen molar-refractivity contribution in [3.8, 4) is 11.3 Å². The Morgan fingerprint density at radius 3 is 2.64 bits per heavy atom. The van der Waals surface area contributed by atoms with E-state index >= 15 is 0 Å². The normalized spacial score (nSPS) is 11.0. The fourth-order valence-corrected chi connectivity index (χ4v) is 3.27. The SMILES string of the molecule is Cc1cc(CNc2cnccn2)c2[nH]c(-c3ccccc3)c(C)c2c1. The zero-order valence-corrected chi connectivity index (χ0v) is 14.4. The summed E-state index contributed by atoms with van der Waals surface area (Å²) >= 11 is 0. The number of fused-ring (bicyclic) bond motifs is 1. The zero-order valence-electron chi connectivity index (χ0n) is 14.4. The summed E-state index contributed by atoms with van der Waals surface area (Å²) in [6, 6.07) is 14.9. The summed E-state index contributed by atoms with van der Waals surface area (Å²) in [5, 5.41) is 4.63. The van der Waals surface area contributed by atoms with Gasteiger partial charge in [-0.2, -0.15) is 0 Å². The van der Waals surface area contributed by atoms with E-state index in [2.05, 4.69) is 70.5 Å². The minimum absolute atomic E-state index is 0.699. The summed E-state index contributed by atoms with van der Waals surface area (Å²) in [6.07, 6.45) is 5.11. The number of benzene rings is 2. The number of anilines is 1. The molecule has 25 heavy (non-hydrogen) atoms. The second kappa shape index (κ2) is 6.40. The summed E-state index contributed by atoms with van der Waals surface area (Å²) in [7, 11) is 0. The van der Waals surface area contributed by atoms with Crippen molar-refractivity contribution in [3.05, 3.63) is 77.7 Å². The minimum atomic E-state index is 0.699. The van der Waals surface area contributed by atoms with Crippen LogP contribution in [0.2, 0.25) is 0 Å². The third-order valence-electron chi connectivity index (χ3n) is 4.48. The van der Waals surface area contributed by atoms with Gasteiger partial charge in [0.2, 0.25) is 0 Å². The van der Waals surface area contributed by atoms with Crippen LogP contribution in [0.15, 0.2) is 61.1 Å². The average molecular weight is 328 g/mol. The molecule has 4 rings (SSSR count). The topological polar surface area (TPSA) is 53.6 Å². The molecule has 0 atom stereocenters. The first kappa shape index (κ1) is 15.4. The second-order valence-corrected chi connectivity index (χ2v) is 6.28. The average Bonchev–Trinajstić information content (AvgIpc) is 2.98. The molecule has 0 aliphatic rings. The molecule has 0 unspecified atom stereocenters. The predicted octanol–water partition coefficient (Wildman–Crippen LogP) is 4.85. The lowest BCUT2D eigenvalue weighted by molar-refractivity contribution is 1.09. The van der Waals surface area contributed by atoms with Gasteiger partial charge in [-0.25, -0.2) is 4.98 Å². The van der Waals surface area contributed by atoms with Gasteiger partial charge < -0.3 is 10.3 Å². The molecule has 4 heteroatoms. The van der Waals surface area contributed by atoms with E-state index in [0.717, 1.165) is 5.82 Å². The maximum Gasteiger partial charge on any atom is 0.144 e. The van der Waals surface area contributed by atoms with Gasteiger partial charge in [0.15, 0.2) is 0 Å². The number of nitrogens with one attached hydrogen (secondary N) is 2. The Morgan fingerprint density at radius 2 is 1.88 bits per heavy atom. The number of aryl methyl sites for hydroxylation is 2. The standard InChI is InChI=1S/C21H20N4/c1-14-10-17(12-24-19-13-22-8-9-23-19)21-18(11-14)15(2)20(25-21)16-6-4-3-5-7-16/h3-11,13,25H,12H2,1-2H3,(H,23,24). The van der Waals surface area contributed by atoms with Crippen LogP contribution in [-0.4, -0.2) is 15.0 Å². The zero-order chi connectivity index (χ0) is 17.2. The molecule has 0 spiro atoms. The molecule has 0 fully saturated rings. The van der Waals surface area contributed by atoms with Gasteiger partial charge in [0.1, 0.15) is 5.82 Å². The van der Waals surface area contributed by atoms with Crippen molar-refractivity contribution in [2.75, 3.05) is 5.32 Å². The maximum atomic E-state index is 4.28. The molecule has 0 amide bonds. The second-order valence-electron chi connectivity index (χ2n) is 6.28. The number of hydrogen-bond donors (Lipinski definition) is 2. The first-order valence-corrected chi connectivity index (χ1v) is 8.39. The molecule has 0 aliphatic heterocycles. The first-order chi connectivity index (χ1) is 12.2. The Balaban J connectivity index is 1.77. The van der Waals surface area contributed by atoms with Crippen LogP contribution < -0.4 is 5.32 Å². The monoisotopic (exact) mass is 328 g/mol. The molecule has 2 heterocycles. The highest BCUT2D eigenvalue weighted by atomic mass is 15.0. The van der Waals surface area contributed by atoms with Gasteiger partial charge in [-0.15, -0.1) is 0 Å². The molecular formula is C21H20N4. The van der Waals surface area contributed by atoms with E-state index in [1.807, 2.05) is 6.07 Å².